The Balaban J connectivity index is 2.44. The van der Waals surface area contributed by atoms with Gasteiger partial charge in [-0.25, -0.2) is 0 Å². The van der Waals surface area contributed by atoms with Crippen LogP contribution in [0.3, 0.4) is 0 Å². The van der Waals surface area contributed by atoms with Crippen molar-refractivity contribution in [1.29, 1.82) is 5.26 Å². The zero-order chi connectivity index (χ0) is 8.55. The fourth-order valence-electron chi connectivity index (χ4n) is 1.54. The molecule has 0 atom stereocenters. The van der Waals surface area contributed by atoms with E-state index in [9.17, 15) is 0 Å². The van der Waals surface area contributed by atoms with Crippen LogP contribution in [0.2, 0.25) is 0 Å². The molecule has 1 fully saturated rings. The van der Waals surface area contributed by atoms with Crippen molar-refractivity contribution >= 4 is 0 Å². The van der Waals surface area contributed by atoms with E-state index in [1.807, 2.05) is 18.2 Å². The van der Waals surface area contributed by atoms with E-state index < -0.39 is 0 Å². The predicted molar refractivity (Wildman–Crippen MR) is 47.9 cm³/mol. The summed E-state index contributed by atoms with van der Waals surface area (Å²) in [6, 6.07) is 8.15. The minimum absolute atomic E-state index is 0.748. The monoisotopic (exact) mass is 157 g/mol. The highest BCUT2D eigenvalue weighted by molar-refractivity contribution is 5.40. The lowest BCUT2D eigenvalue weighted by molar-refractivity contribution is 1.09. The van der Waals surface area contributed by atoms with Crippen molar-refractivity contribution in [2.75, 3.05) is 0 Å². The first-order chi connectivity index (χ1) is 5.81. The van der Waals surface area contributed by atoms with Crippen LogP contribution in [-0.4, -0.2) is 0 Å². The zero-order valence-corrected chi connectivity index (χ0v) is 7.17. The molecular weight excluding hydrogens is 146 g/mol. The molecule has 0 aliphatic heterocycles. The van der Waals surface area contributed by atoms with Crippen molar-refractivity contribution in [3.8, 4) is 6.07 Å². The summed E-state index contributed by atoms with van der Waals surface area (Å²) >= 11 is 0. The number of aryl methyl sites for hydroxylation is 1. The number of rotatable bonds is 1. The third-order valence-corrected chi connectivity index (χ3v) is 2.43. The van der Waals surface area contributed by atoms with Gasteiger partial charge in [-0.3, -0.25) is 0 Å². The standard InChI is InChI=1S/C11H11N/c1-8-2-3-9(7-12)6-11(8)10-4-5-10/h2-3,6,10H,4-5H2,1H3. The number of hydrogen-bond acceptors (Lipinski definition) is 1. The second-order valence-electron chi connectivity index (χ2n) is 3.46. The number of nitriles is 1. The number of hydrogen-bond donors (Lipinski definition) is 0. The Hall–Kier alpha value is -1.29. The van der Waals surface area contributed by atoms with E-state index in [0.29, 0.717) is 0 Å². The third-order valence-electron chi connectivity index (χ3n) is 2.43. The fourth-order valence-corrected chi connectivity index (χ4v) is 1.54. The Kier molecular flexibility index (Phi) is 1.62. The Morgan fingerprint density at radius 3 is 2.75 bits per heavy atom. The molecule has 1 saturated carbocycles. The maximum atomic E-state index is 8.71. The molecule has 2 rings (SSSR count). The van der Waals surface area contributed by atoms with Crippen LogP contribution in [-0.2, 0) is 0 Å². The maximum Gasteiger partial charge on any atom is 0.0991 e. The normalized spacial score (nSPS) is 15.7. The molecule has 1 aromatic rings. The molecule has 0 heterocycles. The van der Waals surface area contributed by atoms with E-state index in [1.165, 1.54) is 24.0 Å². The highest BCUT2D eigenvalue weighted by Crippen LogP contribution is 2.41. The van der Waals surface area contributed by atoms with Gasteiger partial charge in [0.2, 0.25) is 0 Å². The largest absolute Gasteiger partial charge is 0.192 e. The van der Waals surface area contributed by atoms with E-state index >= 15 is 0 Å². The van der Waals surface area contributed by atoms with Gasteiger partial charge in [-0.05, 0) is 48.9 Å². The first kappa shape index (κ1) is 7.36. The van der Waals surface area contributed by atoms with Gasteiger partial charge in [-0.15, -0.1) is 0 Å². The quantitative estimate of drug-likeness (QED) is 0.615. The van der Waals surface area contributed by atoms with Crippen LogP contribution in [0.15, 0.2) is 18.2 Å². The van der Waals surface area contributed by atoms with Gasteiger partial charge >= 0.3 is 0 Å². The van der Waals surface area contributed by atoms with Crippen LogP contribution >= 0.6 is 0 Å². The summed E-state index contributed by atoms with van der Waals surface area (Å²) in [6.45, 7) is 2.12. The zero-order valence-electron chi connectivity index (χ0n) is 7.17. The lowest BCUT2D eigenvalue weighted by Crippen LogP contribution is -1.86. The molecule has 0 amide bonds. The molecular formula is C11H11N. The van der Waals surface area contributed by atoms with E-state index in [-0.39, 0.29) is 0 Å². The minimum atomic E-state index is 0.748. The molecule has 0 N–H and O–H groups in total. The Morgan fingerprint density at radius 2 is 2.17 bits per heavy atom. The number of benzene rings is 1. The molecule has 1 aliphatic carbocycles. The second-order valence-corrected chi connectivity index (χ2v) is 3.46. The van der Waals surface area contributed by atoms with Crippen molar-refractivity contribution in [2.45, 2.75) is 25.7 Å². The molecule has 0 saturated heterocycles. The van der Waals surface area contributed by atoms with Crippen molar-refractivity contribution in [2.24, 2.45) is 0 Å². The smallest absolute Gasteiger partial charge is 0.0991 e. The van der Waals surface area contributed by atoms with Crippen LogP contribution in [0.1, 0.15) is 35.4 Å². The van der Waals surface area contributed by atoms with Crippen molar-refractivity contribution in [1.82, 2.24) is 0 Å². The van der Waals surface area contributed by atoms with E-state index in [1.54, 1.807) is 0 Å². The van der Waals surface area contributed by atoms with Crippen LogP contribution in [0.4, 0.5) is 0 Å². The first-order valence-electron chi connectivity index (χ1n) is 4.32. The van der Waals surface area contributed by atoms with Crippen LogP contribution < -0.4 is 0 Å². The first-order valence-corrected chi connectivity index (χ1v) is 4.32. The van der Waals surface area contributed by atoms with Crippen LogP contribution in [0.5, 0.6) is 0 Å². The fraction of sp³-hybridized carbons (Fsp3) is 0.364. The van der Waals surface area contributed by atoms with Crippen LogP contribution in [0, 0.1) is 18.3 Å². The van der Waals surface area contributed by atoms with Crippen molar-refractivity contribution in [3.63, 3.8) is 0 Å². The van der Waals surface area contributed by atoms with E-state index in [2.05, 4.69) is 13.0 Å². The highest BCUT2D eigenvalue weighted by Gasteiger charge is 2.24. The topological polar surface area (TPSA) is 23.8 Å². The molecule has 1 nitrogen and oxygen atoms in total. The molecule has 0 unspecified atom stereocenters. The minimum Gasteiger partial charge on any atom is -0.192 e. The lowest BCUT2D eigenvalue weighted by Gasteiger charge is -2.02. The molecule has 0 spiro atoms. The lowest BCUT2D eigenvalue weighted by atomic mass is 10.0. The van der Waals surface area contributed by atoms with Gasteiger partial charge in [0.25, 0.3) is 0 Å². The summed E-state index contributed by atoms with van der Waals surface area (Å²) in [6.07, 6.45) is 2.60. The summed E-state index contributed by atoms with van der Waals surface area (Å²) < 4.78 is 0. The van der Waals surface area contributed by atoms with Gasteiger partial charge in [0.1, 0.15) is 0 Å². The van der Waals surface area contributed by atoms with Crippen molar-refractivity contribution in [3.05, 3.63) is 34.9 Å². The van der Waals surface area contributed by atoms with Crippen molar-refractivity contribution < 1.29 is 0 Å². The Morgan fingerprint density at radius 1 is 1.42 bits per heavy atom. The number of nitrogens with zero attached hydrogens (tertiary/aromatic N) is 1. The molecule has 60 valence electrons. The molecule has 0 radical (unpaired) electrons. The maximum absolute atomic E-state index is 8.71. The molecule has 1 aromatic carbocycles. The molecule has 12 heavy (non-hydrogen) atoms. The van der Waals surface area contributed by atoms with Gasteiger partial charge in [-0.1, -0.05) is 6.07 Å². The summed E-state index contributed by atoms with van der Waals surface area (Å²) in [5.41, 5.74) is 3.51. The second kappa shape index (κ2) is 2.64. The van der Waals surface area contributed by atoms with Gasteiger partial charge < -0.3 is 0 Å². The van der Waals surface area contributed by atoms with E-state index in [4.69, 9.17) is 5.26 Å². The van der Waals surface area contributed by atoms with Gasteiger partial charge in [0.05, 0.1) is 11.6 Å². The van der Waals surface area contributed by atoms with Gasteiger partial charge in [0, 0.05) is 0 Å². The average molecular weight is 157 g/mol. The summed E-state index contributed by atoms with van der Waals surface area (Å²) in [5, 5.41) is 8.71. The van der Waals surface area contributed by atoms with Gasteiger partial charge in [0.15, 0.2) is 0 Å². The molecule has 1 aliphatic rings. The Labute approximate surface area is 72.6 Å². The van der Waals surface area contributed by atoms with Crippen LogP contribution in [0.25, 0.3) is 0 Å². The average Bonchev–Trinajstić information content (AvgIpc) is 2.88. The molecule has 1 heteroatoms. The summed E-state index contributed by atoms with van der Waals surface area (Å²) in [7, 11) is 0. The highest BCUT2D eigenvalue weighted by atomic mass is 14.3. The molecule has 0 bridgehead atoms. The molecule has 0 aromatic heterocycles. The third kappa shape index (κ3) is 1.21. The summed E-state index contributed by atoms with van der Waals surface area (Å²) in [5.74, 6) is 0.748. The SMILES string of the molecule is Cc1ccc(C#N)cc1C1CC1. The summed E-state index contributed by atoms with van der Waals surface area (Å²) in [4.78, 5) is 0. The predicted octanol–water partition coefficient (Wildman–Crippen LogP) is 2.74. The Bertz CT molecular complexity index is 343. The van der Waals surface area contributed by atoms with Gasteiger partial charge in [-0.2, -0.15) is 5.26 Å². The van der Waals surface area contributed by atoms with E-state index in [0.717, 1.165) is 11.5 Å².